The lowest BCUT2D eigenvalue weighted by Gasteiger charge is -2.35. The Morgan fingerprint density at radius 1 is 0.879 bits per heavy atom. The number of para-hydroxylation sites is 1. The number of rotatable bonds is 7. The van der Waals surface area contributed by atoms with E-state index in [0.717, 1.165) is 55.8 Å². The van der Waals surface area contributed by atoms with Crippen molar-refractivity contribution in [2.24, 2.45) is 0 Å². The average Bonchev–Trinajstić information content (AvgIpc) is 3.16. The van der Waals surface area contributed by atoms with Crippen LogP contribution < -0.4 is 4.90 Å². The number of fused-ring (bicyclic) bond motifs is 1. The Hall–Kier alpha value is -3.37. The Bertz CT molecular complexity index is 1130. The van der Waals surface area contributed by atoms with Crippen molar-refractivity contribution >= 4 is 17.2 Å². The average molecular weight is 438 g/mol. The van der Waals surface area contributed by atoms with Crippen molar-refractivity contribution < 1.29 is 4.79 Å². The van der Waals surface area contributed by atoms with Gasteiger partial charge in [-0.3, -0.25) is 9.69 Å². The molecule has 2 heterocycles. The van der Waals surface area contributed by atoms with Crippen LogP contribution in [0.25, 0.3) is 5.57 Å². The molecule has 4 heteroatoms. The Morgan fingerprint density at radius 3 is 2.30 bits per heavy atom. The van der Waals surface area contributed by atoms with Crippen molar-refractivity contribution in [3.05, 3.63) is 108 Å². The third-order valence-corrected chi connectivity index (χ3v) is 6.87. The van der Waals surface area contributed by atoms with Gasteiger partial charge in [-0.15, -0.1) is 0 Å². The third kappa shape index (κ3) is 4.44. The van der Waals surface area contributed by atoms with Crippen LogP contribution in [0.15, 0.2) is 91.0 Å². The summed E-state index contributed by atoms with van der Waals surface area (Å²) in [6.07, 6.45) is 4.34. The summed E-state index contributed by atoms with van der Waals surface area (Å²) in [5.74, 6) is 0.142. The minimum Gasteiger partial charge on any atom is -0.350 e. The van der Waals surface area contributed by atoms with E-state index in [-0.39, 0.29) is 12.1 Å². The van der Waals surface area contributed by atoms with E-state index in [0.29, 0.717) is 0 Å². The Kier molecular flexibility index (Phi) is 6.27. The van der Waals surface area contributed by atoms with Crippen LogP contribution in [-0.4, -0.2) is 48.9 Å². The van der Waals surface area contributed by atoms with Gasteiger partial charge >= 0.3 is 0 Å². The zero-order valence-corrected chi connectivity index (χ0v) is 19.2. The van der Waals surface area contributed by atoms with Gasteiger partial charge in [-0.05, 0) is 42.2 Å². The molecule has 0 aliphatic carbocycles. The second-order valence-electron chi connectivity index (χ2n) is 8.91. The Balaban J connectivity index is 1.25. The predicted octanol–water partition coefficient (Wildman–Crippen LogP) is 5.46. The van der Waals surface area contributed by atoms with Crippen molar-refractivity contribution in [2.75, 3.05) is 38.1 Å². The molecule has 3 aromatic rings. The maximum atomic E-state index is 13.3. The molecule has 0 N–H and O–H groups in total. The fourth-order valence-electron chi connectivity index (χ4n) is 5.09. The van der Waals surface area contributed by atoms with Crippen LogP contribution >= 0.6 is 0 Å². The molecule has 0 saturated carbocycles. The third-order valence-electron chi connectivity index (χ3n) is 6.87. The Morgan fingerprint density at radius 2 is 1.58 bits per heavy atom. The number of carbonyl (C=O) groups excluding carboxylic acids is 1. The van der Waals surface area contributed by atoms with E-state index < -0.39 is 0 Å². The second kappa shape index (κ2) is 9.63. The number of hydrogen-bond acceptors (Lipinski definition) is 3. The van der Waals surface area contributed by atoms with Gasteiger partial charge in [0.1, 0.15) is 6.17 Å². The number of hydrogen-bond donors (Lipinski definition) is 0. The number of nitrogens with zero attached hydrogens (tertiary/aromatic N) is 3. The molecule has 1 unspecified atom stereocenters. The molecule has 0 bridgehead atoms. The molecular formula is C29H31N3O. The van der Waals surface area contributed by atoms with Crippen molar-refractivity contribution in [1.29, 1.82) is 0 Å². The van der Waals surface area contributed by atoms with Crippen molar-refractivity contribution in [3.63, 3.8) is 0 Å². The van der Waals surface area contributed by atoms with Gasteiger partial charge in [0.2, 0.25) is 0 Å². The van der Waals surface area contributed by atoms with E-state index >= 15 is 0 Å². The largest absolute Gasteiger partial charge is 0.350 e. The van der Waals surface area contributed by atoms with Crippen molar-refractivity contribution in [2.45, 2.75) is 19.0 Å². The minimum absolute atomic E-state index is 0.0676. The van der Waals surface area contributed by atoms with Crippen LogP contribution in [0.5, 0.6) is 0 Å². The molecule has 33 heavy (non-hydrogen) atoms. The lowest BCUT2D eigenvalue weighted by Crippen LogP contribution is -2.40. The lowest BCUT2D eigenvalue weighted by atomic mass is 9.99. The summed E-state index contributed by atoms with van der Waals surface area (Å²) in [7, 11) is 2.09. The molecule has 0 radical (unpaired) electrons. The molecule has 0 spiro atoms. The molecule has 2 aliphatic heterocycles. The highest BCUT2D eigenvalue weighted by atomic mass is 16.2. The van der Waals surface area contributed by atoms with E-state index in [2.05, 4.69) is 71.5 Å². The molecule has 1 atom stereocenters. The van der Waals surface area contributed by atoms with E-state index in [4.69, 9.17) is 0 Å². The first-order chi connectivity index (χ1) is 16.2. The fraction of sp³-hybridized carbons (Fsp3) is 0.276. The number of carbonyl (C=O) groups is 1. The summed E-state index contributed by atoms with van der Waals surface area (Å²) < 4.78 is 0. The highest BCUT2D eigenvalue weighted by Gasteiger charge is 2.38. The summed E-state index contributed by atoms with van der Waals surface area (Å²) >= 11 is 0. The topological polar surface area (TPSA) is 26.8 Å². The molecule has 0 aromatic heterocycles. The second-order valence-corrected chi connectivity index (χ2v) is 8.91. The van der Waals surface area contributed by atoms with Gasteiger partial charge in [-0.2, -0.15) is 0 Å². The molecule has 0 fully saturated rings. The van der Waals surface area contributed by atoms with Crippen LogP contribution in [0.1, 0.15) is 40.5 Å². The maximum Gasteiger partial charge on any atom is 0.256 e. The smallest absolute Gasteiger partial charge is 0.256 e. The maximum absolute atomic E-state index is 13.3. The van der Waals surface area contributed by atoms with Crippen LogP contribution in [0.4, 0.5) is 5.69 Å². The SMILES string of the molecule is CN(c1ccccc1)C1c2ccccc2C(=O)N1CCCN1CC=C(c2ccccc2)CC1. The lowest BCUT2D eigenvalue weighted by molar-refractivity contribution is 0.0716. The van der Waals surface area contributed by atoms with E-state index in [1.54, 1.807) is 0 Å². The zero-order valence-electron chi connectivity index (χ0n) is 19.2. The molecule has 168 valence electrons. The van der Waals surface area contributed by atoms with Gasteiger partial charge in [-0.25, -0.2) is 0 Å². The highest BCUT2D eigenvalue weighted by Crippen LogP contribution is 2.37. The summed E-state index contributed by atoms with van der Waals surface area (Å²) in [6, 6.07) is 29.1. The standard InChI is InChI=1S/C29H31N3O/c1-30(25-13-6-3-7-14-25)28-26-15-8-9-16-27(26)29(33)32(28)20-10-19-31-21-17-24(18-22-31)23-11-4-2-5-12-23/h2-9,11-17,28H,10,18-22H2,1H3. The molecular weight excluding hydrogens is 406 g/mol. The normalized spacial score (nSPS) is 18.2. The van der Waals surface area contributed by atoms with Crippen LogP contribution in [0, 0.1) is 0 Å². The summed E-state index contributed by atoms with van der Waals surface area (Å²) in [6.45, 7) is 3.80. The summed E-state index contributed by atoms with van der Waals surface area (Å²) in [5, 5.41) is 0. The van der Waals surface area contributed by atoms with E-state index in [9.17, 15) is 4.79 Å². The zero-order chi connectivity index (χ0) is 22.6. The van der Waals surface area contributed by atoms with Gasteiger partial charge in [0, 0.05) is 50.0 Å². The molecule has 1 amide bonds. The van der Waals surface area contributed by atoms with Crippen molar-refractivity contribution in [3.8, 4) is 0 Å². The van der Waals surface area contributed by atoms with E-state index in [1.807, 2.05) is 41.3 Å². The van der Waals surface area contributed by atoms with Gasteiger partial charge in [0.25, 0.3) is 5.91 Å². The number of amides is 1. The summed E-state index contributed by atoms with van der Waals surface area (Å²) in [4.78, 5) is 20.1. The summed E-state index contributed by atoms with van der Waals surface area (Å²) in [5.41, 5.74) is 5.83. The fourth-order valence-corrected chi connectivity index (χ4v) is 5.09. The van der Waals surface area contributed by atoms with Gasteiger partial charge in [0.15, 0.2) is 0 Å². The first-order valence-corrected chi connectivity index (χ1v) is 11.9. The van der Waals surface area contributed by atoms with Crippen LogP contribution in [0.3, 0.4) is 0 Å². The van der Waals surface area contributed by atoms with Crippen LogP contribution in [0.2, 0.25) is 0 Å². The predicted molar refractivity (Wildman–Crippen MR) is 135 cm³/mol. The number of anilines is 1. The van der Waals surface area contributed by atoms with Gasteiger partial charge in [0.05, 0.1) is 0 Å². The quantitative estimate of drug-likeness (QED) is 0.491. The van der Waals surface area contributed by atoms with Crippen molar-refractivity contribution in [1.82, 2.24) is 9.80 Å². The molecule has 2 aliphatic rings. The Labute approximate surface area is 196 Å². The molecule has 3 aromatic carbocycles. The first kappa shape index (κ1) is 21.5. The number of benzene rings is 3. The molecule has 4 nitrogen and oxygen atoms in total. The molecule has 5 rings (SSSR count). The monoisotopic (exact) mass is 437 g/mol. The minimum atomic E-state index is -0.0676. The molecule has 0 saturated heterocycles. The van der Waals surface area contributed by atoms with Crippen LogP contribution in [-0.2, 0) is 0 Å². The van der Waals surface area contributed by atoms with E-state index in [1.165, 1.54) is 11.1 Å². The highest BCUT2D eigenvalue weighted by molar-refractivity contribution is 5.99. The first-order valence-electron chi connectivity index (χ1n) is 11.9. The van der Waals surface area contributed by atoms with Gasteiger partial charge in [-0.1, -0.05) is 72.8 Å². The van der Waals surface area contributed by atoms with Gasteiger partial charge < -0.3 is 9.80 Å².